The molecular weight excluding hydrogens is 484 g/mol. The van der Waals surface area contributed by atoms with E-state index < -0.39 is 23.9 Å². The molecule has 2 aromatic carbocycles. The van der Waals surface area contributed by atoms with Crippen LogP contribution in [0.15, 0.2) is 36.4 Å². The maximum absolute atomic E-state index is 13.7. The van der Waals surface area contributed by atoms with E-state index in [1.165, 1.54) is 11.8 Å². The number of hydrogen-bond donors (Lipinski definition) is 3. The lowest BCUT2D eigenvalue weighted by atomic mass is 9.92. The molecule has 0 saturated heterocycles. The van der Waals surface area contributed by atoms with E-state index in [2.05, 4.69) is 10.6 Å². The van der Waals surface area contributed by atoms with Crippen LogP contribution in [0.1, 0.15) is 11.1 Å². The van der Waals surface area contributed by atoms with Crippen LogP contribution in [0, 0.1) is 0 Å². The fourth-order valence-electron chi connectivity index (χ4n) is 2.51. The number of benzene rings is 2. The number of amides is 1. The SMILES string of the molecule is CSCC(=O)NCc1ccc(NC[C@](O)(c2cc(Cl)c(Cl)c(Cl)c2)C(F)(F)F)cc1. The minimum absolute atomic E-state index is 0.0974. The number of rotatable bonds is 8. The van der Waals surface area contributed by atoms with Gasteiger partial charge in [-0.2, -0.15) is 24.9 Å². The molecule has 30 heavy (non-hydrogen) atoms. The summed E-state index contributed by atoms with van der Waals surface area (Å²) < 4.78 is 41.1. The Labute approximate surface area is 191 Å². The second-order valence-corrected chi connectivity index (χ2v) is 8.43. The zero-order valence-corrected chi connectivity index (χ0v) is 18.7. The van der Waals surface area contributed by atoms with Crippen molar-refractivity contribution in [3.63, 3.8) is 0 Å². The van der Waals surface area contributed by atoms with E-state index in [0.29, 0.717) is 18.0 Å². The van der Waals surface area contributed by atoms with E-state index >= 15 is 0 Å². The molecule has 0 unspecified atom stereocenters. The summed E-state index contributed by atoms with van der Waals surface area (Å²) in [6.07, 6.45) is -3.20. The van der Waals surface area contributed by atoms with Gasteiger partial charge in [0.15, 0.2) is 0 Å². The molecule has 0 aliphatic carbocycles. The van der Waals surface area contributed by atoms with E-state index in [1.54, 1.807) is 24.3 Å². The minimum Gasteiger partial charge on any atom is -0.381 e. The summed E-state index contributed by atoms with van der Waals surface area (Å²) in [6.45, 7) is -0.581. The molecule has 0 heterocycles. The van der Waals surface area contributed by atoms with Gasteiger partial charge in [-0.3, -0.25) is 4.79 Å². The predicted octanol–water partition coefficient (Wildman–Crippen LogP) is 5.49. The Bertz CT molecular complexity index is 875. The van der Waals surface area contributed by atoms with Crippen LogP contribution < -0.4 is 10.6 Å². The van der Waals surface area contributed by atoms with E-state index in [0.717, 1.165) is 17.7 Å². The summed E-state index contributed by atoms with van der Waals surface area (Å²) in [4.78, 5) is 11.5. The number of carbonyl (C=O) groups excluding carboxylic acids is 1. The largest absolute Gasteiger partial charge is 0.423 e. The highest BCUT2D eigenvalue weighted by atomic mass is 35.5. The van der Waals surface area contributed by atoms with Gasteiger partial charge in [0.1, 0.15) is 0 Å². The Kier molecular flexibility index (Phi) is 8.59. The van der Waals surface area contributed by atoms with Crippen LogP contribution in [0.2, 0.25) is 15.1 Å². The Balaban J connectivity index is 2.14. The van der Waals surface area contributed by atoms with Crippen LogP contribution >= 0.6 is 46.6 Å². The van der Waals surface area contributed by atoms with Crippen molar-refractivity contribution in [1.82, 2.24) is 5.32 Å². The Morgan fingerprint density at radius 3 is 2.17 bits per heavy atom. The summed E-state index contributed by atoms with van der Waals surface area (Å²) in [6, 6.07) is 8.29. The molecule has 0 saturated carbocycles. The zero-order chi connectivity index (χ0) is 22.5. The lowest BCUT2D eigenvalue weighted by Crippen LogP contribution is -2.47. The van der Waals surface area contributed by atoms with Crippen LogP contribution in [0.3, 0.4) is 0 Å². The Morgan fingerprint density at radius 1 is 1.10 bits per heavy atom. The smallest absolute Gasteiger partial charge is 0.381 e. The molecule has 0 aromatic heterocycles. The number of aliphatic hydroxyl groups is 1. The summed E-state index contributed by atoms with van der Waals surface area (Å²) in [5.74, 6) is 0.231. The molecule has 164 valence electrons. The first-order valence-electron chi connectivity index (χ1n) is 8.50. The van der Waals surface area contributed by atoms with Crippen LogP contribution in [0.25, 0.3) is 0 Å². The van der Waals surface area contributed by atoms with Crippen molar-refractivity contribution in [3.8, 4) is 0 Å². The second-order valence-electron chi connectivity index (χ2n) is 6.37. The van der Waals surface area contributed by atoms with Crippen molar-refractivity contribution in [2.24, 2.45) is 0 Å². The Morgan fingerprint density at radius 2 is 1.67 bits per heavy atom. The second kappa shape index (κ2) is 10.3. The maximum Gasteiger partial charge on any atom is 0.423 e. The van der Waals surface area contributed by atoms with Crippen LogP contribution in [-0.2, 0) is 16.9 Å². The third-order valence-electron chi connectivity index (χ3n) is 4.20. The number of alkyl halides is 3. The number of thioether (sulfide) groups is 1. The van der Waals surface area contributed by atoms with E-state index in [4.69, 9.17) is 34.8 Å². The van der Waals surface area contributed by atoms with Crippen molar-refractivity contribution in [1.29, 1.82) is 0 Å². The normalized spacial score (nSPS) is 13.6. The lowest BCUT2D eigenvalue weighted by molar-refractivity contribution is -0.260. The minimum atomic E-state index is -5.01. The van der Waals surface area contributed by atoms with E-state index in [-0.39, 0.29) is 21.0 Å². The number of halogens is 6. The quantitative estimate of drug-likeness (QED) is 0.419. The van der Waals surface area contributed by atoms with Gasteiger partial charge in [0.05, 0.1) is 27.4 Å². The molecule has 2 rings (SSSR count). The lowest BCUT2D eigenvalue weighted by Gasteiger charge is -2.32. The number of carbonyl (C=O) groups is 1. The first-order chi connectivity index (χ1) is 14.0. The van der Waals surface area contributed by atoms with Crippen LogP contribution in [-0.4, -0.2) is 35.7 Å². The molecule has 11 heteroatoms. The third-order valence-corrected chi connectivity index (χ3v) is 5.95. The third kappa shape index (κ3) is 6.11. The van der Waals surface area contributed by atoms with E-state index in [9.17, 15) is 23.1 Å². The first kappa shape index (κ1) is 24.9. The number of nitrogens with one attached hydrogen (secondary N) is 2. The molecule has 3 N–H and O–H groups in total. The highest BCUT2D eigenvalue weighted by Gasteiger charge is 2.55. The molecule has 0 aliphatic heterocycles. The molecule has 2 aromatic rings. The van der Waals surface area contributed by atoms with Crippen molar-refractivity contribution in [2.45, 2.75) is 18.3 Å². The molecule has 0 bridgehead atoms. The van der Waals surface area contributed by atoms with Crippen LogP contribution in [0.5, 0.6) is 0 Å². The van der Waals surface area contributed by atoms with Crippen molar-refractivity contribution in [2.75, 3.05) is 23.9 Å². The maximum atomic E-state index is 13.7. The topological polar surface area (TPSA) is 61.4 Å². The standard InChI is InChI=1S/C19H18Cl3F3N2O2S/c1-30-9-16(28)26-8-11-2-4-13(5-3-11)27-10-18(29,19(23,24)25)12-6-14(20)17(22)15(21)7-12/h2-7,27,29H,8-10H2,1H3,(H,26,28)/t18-/m0/s1. The van der Waals surface area contributed by atoms with Gasteiger partial charge >= 0.3 is 6.18 Å². The number of anilines is 1. The molecule has 1 atom stereocenters. The summed E-state index contributed by atoms with van der Waals surface area (Å²) >= 11 is 18.9. The number of hydrogen-bond acceptors (Lipinski definition) is 4. The molecule has 1 amide bonds. The fourth-order valence-corrected chi connectivity index (χ4v) is 3.47. The molecule has 0 spiro atoms. The summed E-state index contributed by atoms with van der Waals surface area (Å²) in [5, 5.41) is 15.3. The van der Waals surface area contributed by atoms with Gasteiger partial charge in [0.2, 0.25) is 11.5 Å². The molecule has 0 fully saturated rings. The van der Waals surface area contributed by atoms with Crippen molar-refractivity contribution >= 4 is 58.2 Å². The molecular formula is C19H18Cl3F3N2O2S. The highest BCUT2D eigenvalue weighted by molar-refractivity contribution is 7.99. The predicted molar refractivity (Wildman–Crippen MR) is 117 cm³/mol. The zero-order valence-electron chi connectivity index (χ0n) is 15.6. The first-order valence-corrected chi connectivity index (χ1v) is 11.0. The van der Waals surface area contributed by atoms with Gasteiger partial charge in [-0.15, -0.1) is 0 Å². The molecule has 0 radical (unpaired) electrons. The van der Waals surface area contributed by atoms with Gasteiger partial charge in [-0.05, 0) is 41.6 Å². The average Bonchev–Trinajstić information content (AvgIpc) is 2.68. The van der Waals surface area contributed by atoms with E-state index in [1.807, 2.05) is 6.26 Å². The van der Waals surface area contributed by atoms with Gasteiger partial charge in [-0.1, -0.05) is 46.9 Å². The van der Waals surface area contributed by atoms with Gasteiger partial charge in [0, 0.05) is 12.2 Å². The summed E-state index contributed by atoms with van der Waals surface area (Å²) in [5.41, 5.74) is -2.66. The van der Waals surface area contributed by atoms with Crippen molar-refractivity contribution in [3.05, 3.63) is 62.6 Å². The fraction of sp³-hybridized carbons (Fsp3) is 0.316. The van der Waals surface area contributed by atoms with Gasteiger partial charge in [-0.25, -0.2) is 0 Å². The highest BCUT2D eigenvalue weighted by Crippen LogP contribution is 2.43. The summed E-state index contributed by atoms with van der Waals surface area (Å²) in [7, 11) is 0. The van der Waals surface area contributed by atoms with Crippen molar-refractivity contribution < 1.29 is 23.1 Å². The monoisotopic (exact) mass is 500 g/mol. The van der Waals surface area contributed by atoms with Crippen LogP contribution in [0.4, 0.5) is 18.9 Å². The molecule has 0 aliphatic rings. The molecule has 4 nitrogen and oxygen atoms in total. The van der Waals surface area contributed by atoms with Gasteiger partial charge < -0.3 is 15.7 Å². The Hall–Kier alpha value is -1.32. The average molecular weight is 502 g/mol. The van der Waals surface area contributed by atoms with Gasteiger partial charge in [0.25, 0.3) is 0 Å².